The summed E-state index contributed by atoms with van der Waals surface area (Å²) < 4.78 is 31.8. The van der Waals surface area contributed by atoms with Crippen LogP contribution >= 0.6 is 11.3 Å². The summed E-state index contributed by atoms with van der Waals surface area (Å²) in [5, 5.41) is 7.87. The Hall–Kier alpha value is -1.71. The van der Waals surface area contributed by atoms with E-state index in [4.69, 9.17) is 4.74 Å². The van der Waals surface area contributed by atoms with E-state index < -0.39 is 16.0 Å². The second-order valence-electron chi connectivity index (χ2n) is 4.79. The first kappa shape index (κ1) is 15.2. The van der Waals surface area contributed by atoms with Crippen molar-refractivity contribution in [1.82, 2.24) is 14.5 Å². The summed E-state index contributed by atoms with van der Waals surface area (Å²) in [7, 11) is -3.81. The molecule has 0 amide bonds. The average Bonchev–Trinajstić information content (AvgIpc) is 3.16. The smallest absolute Gasteiger partial charge is 0.342 e. The fourth-order valence-corrected chi connectivity index (χ4v) is 4.75. The lowest BCUT2D eigenvalue weighted by Crippen LogP contribution is -2.36. The van der Waals surface area contributed by atoms with E-state index in [-0.39, 0.29) is 17.2 Å². The zero-order chi connectivity index (χ0) is 15.7. The molecule has 1 aliphatic rings. The molecule has 2 aromatic rings. The molecule has 0 radical (unpaired) electrons. The van der Waals surface area contributed by atoms with Crippen LogP contribution in [0.5, 0.6) is 0 Å². The van der Waals surface area contributed by atoms with E-state index in [1.807, 2.05) is 11.4 Å². The molecule has 0 bridgehead atoms. The molecule has 0 aromatic carbocycles. The van der Waals surface area contributed by atoms with Gasteiger partial charge in [0.25, 0.3) is 10.0 Å². The Kier molecular flexibility index (Phi) is 4.02. The van der Waals surface area contributed by atoms with Crippen LogP contribution in [-0.2, 0) is 27.7 Å². The highest BCUT2D eigenvalue weighted by Crippen LogP contribution is 2.28. The summed E-state index contributed by atoms with van der Waals surface area (Å²) in [6.07, 6.45) is 1.86. The van der Waals surface area contributed by atoms with Crippen molar-refractivity contribution in [2.45, 2.75) is 24.9 Å². The quantitative estimate of drug-likeness (QED) is 0.849. The maximum atomic E-state index is 12.8. The first-order chi connectivity index (χ1) is 10.5. The van der Waals surface area contributed by atoms with Crippen molar-refractivity contribution in [3.8, 4) is 0 Å². The van der Waals surface area contributed by atoms with Crippen LogP contribution in [0.25, 0.3) is 0 Å². The number of fused-ring (bicyclic) bond motifs is 1. The number of hydrogen-bond acceptors (Lipinski definition) is 6. The summed E-state index contributed by atoms with van der Waals surface area (Å²) >= 11 is 1.63. The molecule has 0 saturated carbocycles. The first-order valence-electron chi connectivity index (χ1n) is 6.80. The summed E-state index contributed by atoms with van der Waals surface area (Å²) in [6.45, 7) is 2.53. The number of esters is 1. The first-order valence-corrected chi connectivity index (χ1v) is 9.12. The second-order valence-corrected chi connectivity index (χ2v) is 7.67. The average molecular weight is 341 g/mol. The van der Waals surface area contributed by atoms with Gasteiger partial charge in [-0.2, -0.15) is 9.40 Å². The normalized spacial score (nSPS) is 15.5. The fraction of sp³-hybridized carbons (Fsp3) is 0.385. The zero-order valence-electron chi connectivity index (χ0n) is 11.9. The lowest BCUT2D eigenvalue weighted by Gasteiger charge is -2.25. The van der Waals surface area contributed by atoms with Gasteiger partial charge in [-0.1, -0.05) is 0 Å². The Morgan fingerprint density at radius 1 is 1.55 bits per heavy atom. The summed E-state index contributed by atoms with van der Waals surface area (Å²) in [5.74, 6) is -0.692. The molecule has 0 aliphatic carbocycles. The molecule has 0 atom stereocenters. The van der Waals surface area contributed by atoms with E-state index in [1.165, 1.54) is 15.4 Å². The van der Waals surface area contributed by atoms with Gasteiger partial charge in [0.05, 0.1) is 12.8 Å². The Morgan fingerprint density at radius 2 is 2.36 bits per heavy atom. The lowest BCUT2D eigenvalue weighted by atomic mass is 10.1. The van der Waals surface area contributed by atoms with Crippen molar-refractivity contribution in [2.24, 2.45) is 0 Å². The molecule has 0 spiro atoms. The van der Waals surface area contributed by atoms with Gasteiger partial charge in [0, 0.05) is 18.0 Å². The molecule has 1 aliphatic heterocycles. The highest BCUT2D eigenvalue weighted by Gasteiger charge is 2.33. The van der Waals surface area contributed by atoms with Crippen LogP contribution in [0.2, 0.25) is 0 Å². The summed E-state index contributed by atoms with van der Waals surface area (Å²) in [4.78, 5) is 13.1. The molecule has 2 aromatic heterocycles. The van der Waals surface area contributed by atoms with Crippen LogP contribution in [0.1, 0.15) is 27.7 Å². The third-order valence-corrected chi connectivity index (χ3v) is 6.31. The Morgan fingerprint density at radius 3 is 3.14 bits per heavy atom. The van der Waals surface area contributed by atoms with E-state index >= 15 is 0 Å². The van der Waals surface area contributed by atoms with Crippen molar-refractivity contribution < 1.29 is 17.9 Å². The number of hydrogen-bond donors (Lipinski definition) is 1. The minimum atomic E-state index is -3.81. The van der Waals surface area contributed by atoms with Crippen LogP contribution in [0.15, 0.2) is 22.7 Å². The molecule has 0 saturated heterocycles. The zero-order valence-corrected chi connectivity index (χ0v) is 13.5. The predicted molar refractivity (Wildman–Crippen MR) is 80.2 cm³/mol. The molecule has 1 N–H and O–H groups in total. The SMILES string of the molecule is CCOC(=O)c1cn[nH]c1S(=O)(=O)N1CCc2sccc2C1. The fourth-order valence-electron chi connectivity index (χ4n) is 2.38. The standard InChI is InChI=1S/C13H15N3O4S2/c1-2-20-13(17)10-7-14-15-12(10)22(18,19)16-5-3-11-9(8-16)4-6-21-11/h4,6-7H,2-3,5,8H2,1H3,(H,14,15). The van der Waals surface area contributed by atoms with Gasteiger partial charge in [-0.15, -0.1) is 11.3 Å². The van der Waals surface area contributed by atoms with Crippen LogP contribution < -0.4 is 0 Å². The molecule has 7 nitrogen and oxygen atoms in total. The second kappa shape index (κ2) is 5.82. The Labute approximate surface area is 132 Å². The Balaban J connectivity index is 1.92. The topological polar surface area (TPSA) is 92.4 Å². The lowest BCUT2D eigenvalue weighted by molar-refractivity contribution is 0.0521. The van der Waals surface area contributed by atoms with Gasteiger partial charge in [0.15, 0.2) is 5.03 Å². The number of rotatable bonds is 4. The number of thiophene rings is 1. The van der Waals surface area contributed by atoms with Gasteiger partial charge < -0.3 is 4.74 Å². The molecule has 9 heteroatoms. The molecule has 0 fully saturated rings. The van der Waals surface area contributed by atoms with E-state index in [0.717, 1.165) is 5.56 Å². The molecule has 22 heavy (non-hydrogen) atoms. The van der Waals surface area contributed by atoms with Crippen molar-refractivity contribution in [1.29, 1.82) is 0 Å². The number of nitrogens with zero attached hydrogens (tertiary/aromatic N) is 2. The number of nitrogens with one attached hydrogen (secondary N) is 1. The highest BCUT2D eigenvalue weighted by atomic mass is 32.2. The number of aromatic nitrogens is 2. The summed E-state index contributed by atoms with van der Waals surface area (Å²) in [6, 6.07) is 1.93. The van der Waals surface area contributed by atoms with Crippen molar-refractivity contribution >= 4 is 27.3 Å². The number of carbonyl (C=O) groups excluding carboxylic acids is 1. The van der Waals surface area contributed by atoms with Gasteiger partial charge >= 0.3 is 5.97 Å². The maximum absolute atomic E-state index is 12.8. The number of ether oxygens (including phenoxy) is 1. The minimum Gasteiger partial charge on any atom is -0.462 e. The van der Waals surface area contributed by atoms with Gasteiger partial charge in [-0.05, 0) is 30.4 Å². The number of H-pyrrole nitrogens is 1. The molecule has 3 rings (SSSR count). The van der Waals surface area contributed by atoms with E-state index in [9.17, 15) is 13.2 Å². The predicted octanol–water partition coefficient (Wildman–Crippen LogP) is 1.39. The van der Waals surface area contributed by atoms with Gasteiger partial charge in [-0.25, -0.2) is 13.2 Å². The van der Waals surface area contributed by atoms with E-state index in [2.05, 4.69) is 10.2 Å². The van der Waals surface area contributed by atoms with Crippen molar-refractivity contribution in [2.75, 3.05) is 13.2 Å². The van der Waals surface area contributed by atoms with Gasteiger partial charge in [-0.3, -0.25) is 5.10 Å². The third kappa shape index (κ3) is 2.55. The molecule has 3 heterocycles. The number of carbonyl (C=O) groups is 1. The number of aromatic amines is 1. The molecule has 0 unspecified atom stereocenters. The van der Waals surface area contributed by atoms with Crippen molar-refractivity contribution in [3.63, 3.8) is 0 Å². The highest BCUT2D eigenvalue weighted by molar-refractivity contribution is 7.89. The number of sulfonamides is 1. The van der Waals surface area contributed by atoms with Gasteiger partial charge in [0.1, 0.15) is 5.56 Å². The monoisotopic (exact) mass is 341 g/mol. The summed E-state index contributed by atoms with van der Waals surface area (Å²) in [5.41, 5.74) is 0.954. The van der Waals surface area contributed by atoms with Crippen LogP contribution in [0, 0.1) is 0 Å². The largest absolute Gasteiger partial charge is 0.462 e. The van der Waals surface area contributed by atoms with Gasteiger partial charge in [0.2, 0.25) is 0 Å². The van der Waals surface area contributed by atoms with Crippen LogP contribution in [0.4, 0.5) is 0 Å². The van der Waals surface area contributed by atoms with Crippen LogP contribution in [0.3, 0.4) is 0 Å². The molecular weight excluding hydrogens is 326 g/mol. The van der Waals surface area contributed by atoms with E-state index in [0.29, 0.717) is 19.5 Å². The van der Waals surface area contributed by atoms with E-state index in [1.54, 1.807) is 18.3 Å². The maximum Gasteiger partial charge on any atom is 0.342 e. The minimum absolute atomic E-state index is 0.0574. The molecule has 118 valence electrons. The van der Waals surface area contributed by atoms with Crippen LogP contribution in [-0.4, -0.2) is 42.0 Å². The van der Waals surface area contributed by atoms with Crippen molar-refractivity contribution in [3.05, 3.63) is 33.6 Å². The molecular formula is C13H15N3O4S2. The third-order valence-electron chi connectivity index (χ3n) is 3.47. The Bertz CT molecular complexity index is 794.